The van der Waals surface area contributed by atoms with E-state index in [4.69, 9.17) is 24.3 Å². The van der Waals surface area contributed by atoms with Crippen molar-refractivity contribution in [3.8, 4) is 17.6 Å². The number of ether oxygens (including phenoxy) is 3. The third kappa shape index (κ3) is 4.90. The van der Waals surface area contributed by atoms with Crippen LogP contribution in [0.2, 0.25) is 0 Å². The smallest absolute Gasteiger partial charge is 0.364 e. The first-order valence-corrected chi connectivity index (χ1v) is 10.5. The summed E-state index contributed by atoms with van der Waals surface area (Å²) in [5, 5.41) is 21.5. The van der Waals surface area contributed by atoms with E-state index in [-0.39, 0.29) is 23.7 Å². The van der Waals surface area contributed by atoms with E-state index < -0.39 is 43.5 Å². The normalized spacial score (nSPS) is 16.3. The van der Waals surface area contributed by atoms with E-state index in [0.717, 1.165) is 13.4 Å². The van der Waals surface area contributed by atoms with Gasteiger partial charge in [-0.1, -0.05) is 0 Å². The summed E-state index contributed by atoms with van der Waals surface area (Å²) >= 11 is 0. The standard InChI is InChI=1S/C17H18N4O9S/c1-5-29-16(22)13-14(21(23)24)15(20(28-3)17(19-13)31(4,25)26)30-12-8-10(9-18)6-7-11(12)27-2/h6-8,17H,5H2,1-4H3. The third-order valence-electron chi connectivity index (χ3n) is 3.80. The van der Waals surface area contributed by atoms with Crippen LogP contribution in [-0.2, 0) is 24.2 Å². The van der Waals surface area contributed by atoms with Gasteiger partial charge in [-0.05, 0) is 19.1 Å². The van der Waals surface area contributed by atoms with Gasteiger partial charge in [0.1, 0.15) is 0 Å². The summed E-state index contributed by atoms with van der Waals surface area (Å²) in [7, 11) is -1.76. The molecule has 0 N–H and O–H groups in total. The topological polar surface area (TPSA) is 171 Å². The number of rotatable bonds is 8. The first kappa shape index (κ1) is 23.6. The number of nitro groups is 1. The number of sulfone groups is 1. The van der Waals surface area contributed by atoms with Crippen molar-refractivity contribution in [1.29, 1.82) is 5.26 Å². The minimum absolute atomic E-state index is 0.0707. The second-order valence-corrected chi connectivity index (χ2v) is 7.93. The van der Waals surface area contributed by atoms with Gasteiger partial charge in [0.25, 0.3) is 5.50 Å². The molecule has 1 aromatic rings. The molecule has 0 saturated carbocycles. The Balaban J connectivity index is 2.80. The molecule has 13 nitrogen and oxygen atoms in total. The van der Waals surface area contributed by atoms with Crippen molar-refractivity contribution >= 4 is 21.5 Å². The van der Waals surface area contributed by atoms with E-state index in [2.05, 4.69) is 4.99 Å². The largest absolute Gasteiger partial charge is 0.493 e. The number of hydroxylamine groups is 2. The number of esters is 1. The second kappa shape index (κ2) is 9.41. The molecule has 1 aromatic carbocycles. The fourth-order valence-electron chi connectivity index (χ4n) is 2.51. The van der Waals surface area contributed by atoms with Crippen LogP contribution in [0.25, 0.3) is 0 Å². The minimum Gasteiger partial charge on any atom is -0.493 e. The summed E-state index contributed by atoms with van der Waals surface area (Å²) < 4.78 is 40.1. The minimum atomic E-state index is -4.09. The molecule has 1 aliphatic rings. The quantitative estimate of drug-likeness (QED) is 0.306. The van der Waals surface area contributed by atoms with Crippen molar-refractivity contribution in [1.82, 2.24) is 5.06 Å². The number of carbonyl (C=O) groups is 1. The number of hydrogen-bond donors (Lipinski definition) is 0. The highest BCUT2D eigenvalue weighted by Crippen LogP contribution is 2.34. The van der Waals surface area contributed by atoms with Gasteiger partial charge in [-0.15, -0.1) is 0 Å². The van der Waals surface area contributed by atoms with Crippen LogP contribution < -0.4 is 9.47 Å². The average Bonchev–Trinajstić information content (AvgIpc) is 2.71. The number of benzene rings is 1. The van der Waals surface area contributed by atoms with Gasteiger partial charge in [-0.3, -0.25) is 15.0 Å². The van der Waals surface area contributed by atoms with Crippen molar-refractivity contribution in [3.05, 3.63) is 45.5 Å². The average molecular weight is 454 g/mol. The Labute approximate surface area is 177 Å². The molecule has 0 radical (unpaired) electrons. The maximum absolute atomic E-state index is 12.3. The highest BCUT2D eigenvalue weighted by Gasteiger charge is 2.47. The molecule has 1 aliphatic heterocycles. The molecule has 0 amide bonds. The molecule has 166 valence electrons. The molecule has 31 heavy (non-hydrogen) atoms. The van der Waals surface area contributed by atoms with Gasteiger partial charge in [0.15, 0.2) is 21.3 Å². The molecular weight excluding hydrogens is 436 g/mol. The zero-order chi connectivity index (χ0) is 23.3. The van der Waals surface area contributed by atoms with Crippen LogP contribution in [0.4, 0.5) is 0 Å². The molecule has 0 fully saturated rings. The van der Waals surface area contributed by atoms with Crippen molar-refractivity contribution < 1.29 is 37.2 Å². The molecular formula is C17H18N4O9S. The van der Waals surface area contributed by atoms with E-state index in [1.54, 1.807) is 0 Å². The zero-order valence-corrected chi connectivity index (χ0v) is 17.7. The number of nitriles is 1. The van der Waals surface area contributed by atoms with Gasteiger partial charge >= 0.3 is 17.5 Å². The first-order valence-electron chi connectivity index (χ1n) is 8.51. The van der Waals surface area contributed by atoms with E-state index in [9.17, 15) is 23.3 Å². The van der Waals surface area contributed by atoms with Crippen LogP contribution in [0, 0.1) is 21.4 Å². The molecule has 1 heterocycles. The molecule has 1 unspecified atom stereocenters. The highest BCUT2D eigenvalue weighted by atomic mass is 32.2. The van der Waals surface area contributed by atoms with Gasteiger partial charge in [0.05, 0.1) is 37.4 Å². The van der Waals surface area contributed by atoms with Crippen LogP contribution in [0.3, 0.4) is 0 Å². The zero-order valence-electron chi connectivity index (χ0n) is 16.9. The lowest BCUT2D eigenvalue weighted by atomic mass is 10.2. The predicted molar refractivity (Wildman–Crippen MR) is 104 cm³/mol. The van der Waals surface area contributed by atoms with Crippen LogP contribution in [0.5, 0.6) is 11.5 Å². The van der Waals surface area contributed by atoms with E-state index >= 15 is 0 Å². The lowest BCUT2D eigenvalue weighted by Crippen LogP contribution is -2.47. The number of carbonyl (C=O) groups excluding carboxylic acids is 1. The maximum atomic E-state index is 12.3. The fraction of sp³-hybridized carbons (Fsp3) is 0.353. The van der Waals surface area contributed by atoms with Gasteiger partial charge in [0.2, 0.25) is 5.71 Å². The van der Waals surface area contributed by atoms with Crippen LogP contribution in [0.1, 0.15) is 12.5 Å². The van der Waals surface area contributed by atoms with Crippen molar-refractivity contribution in [2.45, 2.75) is 12.4 Å². The molecule has 1 atom stereocenters. The van der Waals surface area contributed by atoms with E-state index in [1.165, 1.54) is 32.2 Å². The monoisotopic (exact) mass is 454 g/mol. The summed E-state index contributed by atoms with van der Waals surface area (Å²) in [6.07, 6.45) is 0.793. The summed E-state index contributed by atoms with van der Waals surface area (Å²) in [5.74, 6) is -2.09. The molecule has 0 aromatic heterocycles. The Bertz CT molecular complexity index is 1110. The molecule has 0 bridgehead atoms. The predicted octanol–water partition coefficient (Wildman–Crippen LogP) is 0.601. The molecule has 2 rings (SSSR count). The number of hydrogen-bond acceptors (Lipinski definition) is 12. The highest BCUT2D eigenvalue weighted by molar-refractivity contribution is 7.91. The molecule has 0 saturated heterocycles. The molecule has 0 spiro atoms. The first-order chi connectivity index (χ1) is 14.6. The van der Waals surface area contributed by atoms with Crippen LogP contribution in [-0.4, -0.2) is 62.7 Å². The Kier molecular flexibility index (Phi) is 7.16. The summed E-state index contributed by atoms with van der Waals surface area (Å²) in [5.41, 5.74) is -3.64. The number of aliphatic imine (C=N–C) groups is 1. The van der Waals surface area contributed by atoms with Gasteiger partial charge in [-0.25, -0.2) is 18.2 Å². The molecule has 0 aliphatic carbocycles. The van der Waals surface area contributed by atoms with Crippen molar-refractivity contribution in [2.75, 3.05) is 27.1 Å². The van der Waals surface area contributed by atoms with Gasteiger partial charge in [0, 0.05) is 12.3 Å². The lowest BCUT2D eigenvalue weighted by molar-refractivity contribution is -0.421. The maximum Gasteiger partial charge on any atom is 0.364 e. The summed E-state index contributed by atoms with van der Waals surface area (Å²) in [6, 6.07) is 5.86. The Morgan fingerprint density at radius 3 is 2.52 bits per heavy atom. The van der Waals surface area contributed by atoms with Crippen LogP contribution >= 0.6 is 0 Å². The molecule has 14 heteroatoms. The third-order valence-corrected chi connectivity index (χ3v) is 4.86. The summed E-state index contributed by atoms with van der Waals surface area (Å²) in [6.45, 7) is 1.32. The number of methoxy groups -OCH3 is 1. The Hall–Kier alpha value is -3.70. The van der Waals surface area contributed by atoms with E-state index in [1.807, 2.05) is 6.07 Å². The number of nitrogens with zero attached hydrogens (tertiary/aromatic N) is 4. The Morgan fingerprint density at radius 1 is 1.35 bits per heavy atom. The second-order valence-electron chi connectivity index (χ2n) is 5.85. The Morgan fingerprint density at radius 2 is 2.03 bits per heavy atom. The SMILES string of the molecule is CCOC(=O)C1=NC(S(C)(=O)=O)N(OC)C(Oc2cc(C#N)ccc2OC)=C1[N+](=O)[O-]. The van der Waals surface area contributed by atoms with Crippen molar-refractivity contribution in [3.63, 3.8) is 0 Å². The fourth-order valence-corrected chi connectivity index (χ4v) is 3.34. The van der Waals surface area contributed by atoms with Crippen molar-refractivity contribution in [2.24, 2.45) is 4.99 Å². The lowest BCUT2D eigenvalue weighted by Gasteiger charge is -2.31. The van der Waals surface area contributed by atoms with Gasteiger partial charge < -0.3 is 14.2 Å². The summed E-state index contributed by atoms with van der Waals surface area (Å²) in [4.78, 5) is 31.9. The van der Waals surface area contributed by atoms with Gasteiger partial charge in [-0.2, -0.15) is 10.3 Å². The van der Waals surface area contributed by atoms with E-state index in [0.29, 0.717) is 5.06 Å². The van der Waals surface area contributed by atoms with Crippen LogP contribution in [0.15, 0.2) is 34.8 Å².